The van der Waals surface area contributed by atoms with Gasteiger partial charge in [-0.25, -0.2) is 0 Å². The Balaban J connectivity index is 2.11. The molecule has 1 heterocycles. The summed E-state index contributed by atoms with van der Waals surface area (Å²) in [5.74, 6) is 0.512. The van der Waals surface area contributed by atoms with Crippen LogP contribution in [0, 0.1) is 5.92 Å². The zero-order valence-corrected chi connectivity index (χ0v) is 11.6. The van der Waals surface area contributed by atoms with Crippen molar-refractivity contribution in [3.05, 3.63) is 11.7 Å². The first-order chi connectivity index (χ1) is 9.21. The summed E-state index contributed by atoms with van der Waals surface area (Å²) >= 11 is 0. The molecule has 1 aliphatic rings. The zero-order chi connectivity index (χ0) is 13.8. The van der Waals surface area contributed by atoms with E-state index in [1.165, 1.54) is 0 Å². The van der Waals surface area contributed by atoms with Crippen LogP contribution in [0.5, 0.6) is 0 Å². The maximum atomic E-state index is 11.8. The summed E-state index contributed by atoms with van der Waals surface area (Å²) in [6.07, 6.45) is 2.69. The largest absolute Gasteiger partial charge is 0.465 e. The van der Waals surface area contributed by atoms with Gasteiger partial charge in [-0.05, 0) is 32.1 Å². The molecule has 0 spiro atoms. The van der Waals surface area contributed by atoms with Crippen molar-refractivity contribution in [3.8, 4) is 0 Å². The van der Waals surface area contributed by atoms with E-state index in [0.717, 1.165) is 12.8 Å². The molecule has 1 aromatic heterocycles. The Morgan fingerprint density at radius 3 is 2.74 bits per heavy atom. The predicted molar refractivity (Wildman–Crippen MR) is 66.4 cm³/mol. The summed E-state index contributed by atoms with van der Waals surface area (Å²) in [7, 11) is 1.64. The second-order valence-corrected chi connectivity index (χ2v) is 4.70. The van der Waals surface area contributed by atoms with Gasteiger partial charge in [0, 0.05) is 7.11 Å². The van der Waals surface area contributed by atoms with E-state index in [9.17, 15) is 4.79 Å². The molecule has 0 bridgehead atoms. The molecule has 0 N–H and O–H groups in total. The molecule has 0 aliphatic heterocycles. The fourth-order valence-electron chi connectivity index (χ4n) is 2.10. The van der Waals surface area contributed by atoms with Crippen LogP contribution in [0.25, 0.3) is 0 Å². The molecule has 6 heteroatoms. The highest BCUT2D eigenvalue weighted by molar-refractivity contribution is 5.76. The molecule has 2 rings (SSSR count). The molecule has 0 amide bonds. The van der Waals surface area contributed by atoms with Gasteiger partial charge in [0.1, 0.15) is 12.0 Å². The summed E-state index contributed by atoms with van der Waals surface area (Å²) in [6, 6.07) is 0. The van der Waals surface area contributed by atoms with E-state index in [-0.39, 0.29) is 12.1 Å². The van der Waals surface area contributed by atoms with Crippen molar-refractivity contribution in [2.75, 3.05) is 13.7 Å². The van der Waals surface area contributed by atoms with Crippen LogP contribution in [0.3, 0.4) is 0 Å². The van der Waals surface area contributed by atoms with Crippen LogP contribution < -0.4 is 0 Å². The number of esters is 1. The van der Waals surface area contributed by atoms with Crippen molar-refractivity contribution in [2.24, 2.45) is 5.92 Å². The molecule has 0 aromatic carbocycles. The van der Waals surface area contributed by atoms with Crippen LogP contribution >= 0.6 is 0 Å². The fourth-order valence-corrected chi connectivity index (χ4v) is 2.10. The van der Waals surface area contributed by atoms with Crippen LogP contribution in [0.15, 0.2) is 4.52 Å². The van der Waals surface area contributed by atoms with Crippen molar-refractivity contribution >= 4 is 5.97 Å². The number of carbonyl (C=O) groups excluding carboxylic acids is 1. The molecular formula is C13H20N2O4. The van der Waals surface area contributed by atoms with E-state index in [4.69, 9.17) is 14.0 Å². The highest BCUT2D eigenvalue weighted by Gasteiger charge is 2.36. The van der Waals surface area contributed by atoms with Gasteiger partial charge in [-0.15, -0.1) is 0 Å². The Labute approximate surface area is 112 Å². The predicted octanol–water partition coefficient (Wildman–Crippen LogP) is 2.22. The number of ether oxygens (including phenoxy) is 2. The normalized spacial score (nSPS) is 18.1. The monoisotopic (exact) mass is 268 g/mol. The molecule has 19 heavy (non-hydrogen) atoms. The van der Waals surface area contributed by atoms with Gasteiger partial charge in [0.15, 0.2) is 0 Å². The number of hydrogen-bond acceptors (Lipinski definition) is 6. The number of nitrogens with zero attached hydrogens (tertiary/aromatic N) is 2. The summed E-state index contributed by atoms with van der Waals surface area (Å²) in [4.78, 5) is 16.1. The lowest BCUT2D eigenvalue weighted by Gasteiger charge is -2.09. The Morgan fingerprint density at radius 1 is 1.47 bits per heavy atom. The van der Waals surface area contributed by atoms with Crippen LogP contribution in [0.2, 0.25) is 0 Å². The third-order valence-electron chi connectivity index (χ3n) is 3.29. The first kappa shape index (κ1) is 14.0. The molecule has 1 saturated carbocycles. The van der Waals surface area contributed by atoms with Crippen molar-refractivity contribution in [3.63, 3.8) is 0 Å². The Kier molecular flexibility index (Phi) is 4.52. The smallest absolute Gasteiger partial charge is 0.318 e. The molecule has 1 aromatic rings. The van der Waals surface area contributed by atoms with Gasteiger partial charge >= 0.3 is 5.97 Å². The minimum absolute atomic E-state index is 0.128. The molecule has 0 saturated heterocycles. The topological polar surface area (TPSA) is 74.5 Å². The van der Waals surface area contributed by atoms with E-state index in [2.05, 4.69) is 10.1 Å². The highest BCUT2D eigenvalue weighted by atomic mass is 16.5. The lowest BCUT2D eigenvalue weighted by molar-refractivity contribution is -0.145. The van der Waals surface area contributed by atoms with Gasteiger partial charge in [-0.2, -0.15) is 4.98 Å². The first-order valence-corrected chi connectivity index (χ1v) is 6.74. The van der Waals surface area contributed by atoms with E-state index in [1.54, 1.807) is 14.0 Å². The maximum Gasteiger partial charge on any atom is 0.318 e. The van der Waals surface area contributed by atoms with Crippen molar-refractivity contribution in [1.82, 2.24) is 10.1 Å². The van der Waals surface area contributed by atoms with E-state index >= 15 is 0 Å². The summed E-state index contributed by atoms with van der Waals surface area (Å²) in [6.45, 7) is 4.01. The van der Waals surface area contributed by atoms with Crippen LogP contribution in [-0.2, 0) is 14.3 Å². The van der Waals surface area contributed by atoms with Gasteiger partial charge in [0.05, 0.1) is 6.61 Å². The second kappa shape index (κ2) is 6.14. The number of carbonyl (C=O) groups is 1. The lowest BCUT2D eigenvalue weighted by Crippen LogP contribution is -2.16. The molecular weight excluding hydrogens is 248 g/mol. The van der Waals surface area contributed by atoms with E-state index < -0.39 is 5.92 Å². The quantitative estimate of drug-likeness (QED) is 0.706. The fraction of sp³-hybridized carbons (Fsp3) is 0.769. The van der Waals surface area contributed by atoms with Gasteiger partial charge < -0.3 is 14.0 Å². The summed E-state index contributed by atoms with van der Waals surface area (Å²) < 4.78 is 15.6. The minimum atomic E-state index is -0.488. The first-order valence-electron chi connectivity index (χ1n) is 6.74. The molecule has 106 valence electrons. The molecule has 2 atom stereocenters. The third-order valence-corrected chi connectivity index (χ3v) is 3.29. The Morgan fingerprint density at radius 2 is 2.21 bits per heavy atom. The van der Waals surface area contributed by atoms with Crippen LogP contribution in [-0.4, -0.2) is 29.8 Å². The van der Waals surface area contributed by atoms with Gasteiger partial charge in [-0.1, -0.05) is 12.1 Å². The molecule has 1 fully saturated rings. The van der Waals surface area contributed by atoms with Gasteiger partial charge in [0.25, 0.3) is 0 Å². The average Bonchev–Trinajstić information content (AvgIpc) is 3.11. The zero-order valence-electron chi connectivity index (χ0n) is 11.6. The summed E-state index contributed by atoms with van der Waals surface area (Å²) in [5, 5.41) is 3.94. The average molecular weight is 268 g/mol. The highest BCUT2D eigenvalue weighted by Crippen LogP contribution is 2.42. The van der Waals surface area contributed by atoms with Crippen molar-refractivity contribution in [2.45, 2.75) is 45.1 Å². The molecule has 2 unspecified atom stereocenters. The Hall–Kier alpha value is -1.43. The Bertz CT molecular complexity index is 428. The molecule has 1 aliphatic carbocycles. The van der Waals surface area contributed by atoms with E-state index in [1.807, 2.05) is 6.92 Å². The standard InChI is InChI=1S/C13H20N2O4/c1-4-9(13(16)18-5-2)12-14-11(15-19-12)10(17-3)8-6-7-8/h8-10H,4-7H2,1-3H3. The van der Waals surface area contributed by atoms with Gasteiger partial charge in [0.2, 0.25) is 11.7 Å². The number of hydrogen-bond donors (Lipinski definition) is 0. The van der Waals surface area contributed by atoms with Crippen molar-refractivity contribution in [1.29, 1.82) is 0 Å². The van der Waals surface area contributed by atoms with E-state index in [0.29, 0.717) is 30.7 Å². The number of rotatable bonds is 7. The van der Waals surface area contributed by atoms with Crippen molar-refractivity contribution < 1.29 is 18.8 Å². The number of aromatic nitrogens is 2. The van der Waals surface area contributed by atoms with Gasteiger partial charge in [-0.3, -0.25) is 4.79 Å². The molecule has 6 nitrogen and oxygen atoms in total. The second-order valence-electron chi connectivity index (χ2n) is 4.70. The van der Waals surface area contributed by atoms with Crippen LogP contribution in [0.4, 0.5) is 0 Å². The number of methoxy groups -OCH3 is 1. The maximum absolute atomic E-state index is 11.8. The lowest BCUT2D eigenvalue weighted by atomic mass is 10.1. The molecule has 0 radical (unpaired) electrons. The van der Waals surface area contributed by atoms with Crippen LogP contribution in [0.1, 0.15) is 56.8 Å². The minimum Gasteiger partial charge on any atom is -0.465 e. The summed E-state index contributed by atoms with van der Waals surface area (Å²) in [5.41, 5.74) is 0. The third kappa shape index (κ3) is 3.12. The SMILES string of the molecule is CCOC(=O)C(CC)c1nc(C(OC)C2CC2)no1.